The van der Waals surface area contributed by atoms with E-state index in [-0.39, 0.29) is 5.04 Å². The van der Waals surface area contributed by atoms with E-state index >= 15 is 0 Å². The van der Waals surface area contributed by atoms with Gasteiger partial charge in [0, 0.05) is 6.54 Å². The van der Waals surface area contributed by atoms with Gasteiger partial charge < -0.3 is 20.0 Å². The molecule has 23 heavy (non-hydrogen) atoms. The van der Waals surface area contributed by atoms with Gasteiger partial charge >= 0.3 is 5.97 Å². The molecule has 0 saturated carbocycles. The van der Waals surface area contributed by atoms with Gasteiger partial charge in [-0.3, -0.25) is 0 Å². The average molecular weight is 340 g/mol. The second-order valence-electron chi connectivity index (χ2n) is 7.05. The molecule has 0 aliphatic heterocycles. The third-order valence-electron chi connectivity index (χ3n) is 4.67. The standard InChI is InChI=1S/C17H29NO4Si/c1-17(2,23(4,5)21)9-6-10-18-12-13-11-14(22-3)7-8-15(13)16(19)20/h7-8,11,18,21H,6,9-10,12H2,1-5H3,(H,19,20). The lowest BCUT2D eigenvalue weighted by atomic mass is 10.1. The van der Waals surface area contributed by atoms with E-state index < -0.39 is 14.3 Å². The Labute approximate surface area is 139 Å². The molecule has 6 heteroatoms. The zero-order chi connectivity index (χ0) is 17.7. The number of carbonyl (C=O) groups is 1. The Morgan fingerprint density at radius 2 is 2.00 bits per heavy atom. The number of hydrogen-bond acceptors (Lipinski definition) is 4. The summed E-state index contributed by atoms with van der Waals surface area (Å²) in [6.07, 6.45) is 1.88. The van der Waals surface area contributed by atoms with Gasteiger partial charge in [0.2, 0.25) is 0 Å². The first-order valence-electron chi connectivity index (χ1n) is 7.92. The van der Waals surface area contributed by atoms with Gasteiger partial charge in [0.25, 0.3) is 0 Å². The van der Waals surface area contributed by atoms with Crippen molar-refractivity contribution in [2.75, 3.05) is 13.7 Å². The van der Waals surface area contributed by atoms with Crippen LogP contribution in [-0.2, 0) is 6.54 Å². The van der Waals surface area contributed by atoms with Crippen molar-refractivity contribution in [3.05, 3.63) is 29.3 Å². The fourth-order valence-electron chi connectivity index (χ4n) is 2.24. The maximum Gasteiger partial charge on any atom is 0.336 e. The van der Waals surface area contributed by atoms with Crippen molar-refractivity contribution in [1.82, 2.24) is 5.32 Å². The van der Waals surface area contributed by atoms with Gasteiger partial charge in [0.1, 0.15) is 5.75 Å². The van der Waals surface area contributed by atoms with Gasteiger partial charge in [-0.05, 0) is 61.3 Å². The SMILES string of the molecule is COc1ccc(C(=O)O)c(CNCCCC(C)(C)[Si](C)(C)O)c1. The fraction of sp³-hybridized carbons (Fsp3) is 0.588. The summed E-state index contributed by atoms with van der Waals surface area (Å²) < 4.78 is 5.16. The van der Waals surface area contributed by atoms with E-state index in [1.54, 1.807) is 25.3 Å². The van der Waals surface area contributed by atoms with E-state index in [1.807, 2.05) is 13.1 Å². The highest BCUT2D eigenvalue weighted by Crippen LogP contribution is 2.39. The lowest BCUT2D eigenvalue weighted by molar-refractivity contribution is 0.0695. The zero-order valence-electron chi connectivity index (χ0n) is 14.8. The molecule has 5 nitrogen and oxygen atoms in total. The molecule has 1 aromatic rings. The van der Waals surface area contributed by atoms with Crippen LogP contribution in [0.2, 0.25) is 18.1 Å². The topological polar surface area (TPSA) is 78.8 Å². The molecule has 0 fully saturated rings. The number of carboxylic acid groups (broad SMARTS) is 1. The fourth-order valence-corrected chi connectivity index (χ4v) is 3.02. The molecule has 0 aliphatic carbocycles. The predicted octanol–water partition coefficient (Wildman–Crippen LogP) is 3.24. The molecule has 0 unspecified atom stereocenters. The summed E-state index contributed by atoms with van der Waals surface area (Å²) in [5, 5.41) is 12.5. The van der Waals surface area contributed by atoms with Crippen molar-refractivity contribution in [3.63, 3.8) is 0 Å². The summed E-state index contributed by atoms with van der Waals surface area (Å²) >= 11 is 0. The molecule has 0 atom stereocenters. The first-order valence-corrected chi connectivity index (χ1v) is 10.9. The highest BCUT2D eigenvalue weighted by Gasteiger charge is 2.37. The number of methoxy groups -OCH3 is 1. The Hall–Kier alpha value is -1.37. The van der Waals surface area contributed by atoms with E-state index in [2.05, 4.69) is 19.2 Å². The van der Waals surface area contributed by atoms with Crippen LogP contribution in [-0.4, -0.2) is 37.8 Å². The molecule has 3 N–H and O–H groups in total. The smallest absolute Gasteiger partial charge is 0.336 e. The summed E-state index contributed by atoms with van der Waals surface area (Å²) in [6, 6.07) is 4.98. The van der Waals surface area contributed by atoms with E-state index in [4.69, 9.17) is 4.74 Å². The van der Waals surface area contributed by atoms with Crippen LogP contribution in [0.1, 0.15) is 42.6 Å². The maximum absolute atomic E-state index is 11.3. The van der Waals surface area contributed by atoms with E-state index in [0.29, 0.717) is 23.4 Å². The van der Waals surface area contributed by atoms with Crippen LogP contribution in [0.4, 0.5) is 0 Å². The molecule has 0 spiro atoms. The monoisotopic (exact) mass is 339 g/mol. The summed E-state index contributed by atoms with van der Waals surface area (Å²) in [6.45, 7) is 9.43. The Balaban J connectivity index is 2.55. The molecule has 0 aromatic heterocycles. The van der Waals surface area contributed by atoms with Crippen LogP contribution < -0.4 is 10.1 Å². The van der Waals surface area contributed by atoms with Crippen LogP contribution in [0.15, 0.2) is 18.2 Å². The number of benzene rings is 1. The minimum absolute atomic E-state index is 0.0309. The summed E-state index contributed by atoms with van der Waals surface area (Å²) in [5.74, 6) is -0.278. The Morgan fingerprint density at radius 1 is 1.35 bits per heavy atom. The number of nitrogens with one attached hydrogen (secondary N) is 1. The molecule has 0 heterocycles. The minimum Gasteiger partial charge on any atom is -0.497 e. The van der Waals surface area contributed by atoms with Gasteiger partial charge in [-0.25, -0.2) is 4.79 Å². The van der Waals surface area contributed by atoms with Gasteiger partial charge in [0.05, 0.1) is 12.7 Å². The van der Waals surface area contributed by atoms with Crippen molar-refractivity contribution in [2.24, 2.45) is 0 Å². The van der Waals surface area contributed by atoms with E-state index in [1.165, 1.54) is 0 Å². The molecule has 0 bridgehead atoms. The Bertz CT molecular complexity index is 538. The Kier molecular flexibility index (Phi) is 6.79. The molecule has 1 aromatic carbocycles. The number of rotatable bonds is 9. The third-order valence-corrected chi connectivity index (χ3v) is 8.23. The molecule has 0 saturated heterocycles. The number of hydrogen-bond donors (Lipinski definition) is 3. The van der Waals surface area contributed by atoms with Crippen molar-refractivity contribution in [2.45, 2.75) is 51.4 Å². The lowest BCUT2D eigenvalue weighted by Crippen LogP contribution is -2.39. The molecule has 1 rings (SSSR count). The van der Waals surface area contributed by atoms with Gasteiger partial charge in [-0.2, -0.15) is 0 Å². The van der Waals surface area contributed by atoms with Crippen molar-refractivity contribution in [1.29, 1.82) is 0 Å². The van der Waals surface area contributed by atoms with Crippen LogP contribution >= 0.6 is 0 Å². The van der Waals surface area contributed by atoms with Crippen LogP contribution in [0, 0.1) is 0 Å². The van der Waals surface area contributed by atoms with Crippen LogP contribution in [0.25, 0.3) is 0 Å². The predicted molar refractivity (Wildman–Crippen MR) is 94.6 cm³/mol. The molecule has 0 radical (unpaired) electrons. The summed E-state index contributed by atoms with van der Waals surface area (Å²) in [4.78, 5) is 21.5. The molecular formula is C17H29NO4Si. The second kappa shape index (κ2) is 7.94. The quantitative estimate of drug-likeness (QED) is 0.475. The highest BCUT2D eigenvalue weighted by molar-refractivity contribution is 6.72. The van der Waals surface area contributed by atoms with Crippen LogP contribution in [0.3, 0.4) is 0 Å². The first-order chi connectivity index (χ1) is 10.6. The van der Waals surface area contributed by atoms with E-state index in [9.17, 15) is 14.7 Å². The number of ether oxygens (including phenoxy) is 1. The number of carboxylic acids is 1. The molecule has 130 valence electrons. The zero-order valence-corrected chi connectivity index (χ0v) is 15.8. The normalized spacial score (nSPS) is 12.3. The van der Waals surface area contributed by atoms with Gasteiger partial charge in [0.15, 0.2) is 8.32 Å². The lowest BCUT2D eigenvalue weighted by Gasteiger charge is -2.35. The van der Waals surface area contributed by atoms with Crippen molar-refractivity contribution < 1.29 is 19.4 Å². The van der Waals surface area contributed by atoms with Gasteiger partial charge in [-0.1, -0.05) is 13.8 Å². The molecule has 0 amide bonds. The first kappa shape index (κ1) is 19.7. The van der Waals surface area contributed by atoms with Crippen molar-refractivity contribution in [3.8, 4) is 5.75 Å². The highest BCUT2D eigenvalue weighted by atomic mass is 28.4. The summed E-state index contributed by atoms with van der Waals surface area (Å²) in [7, 11) is -0.602. The average Bonchev–Trinajstić information content (AvgIpc) is 2.45. The number of aromatic carboxylic acids is 1. The second-order valence-corrected chi connectivity index (χ2v) is 11.5. The van der Waals surface area contributed by atoms with E-state index in [0.717, 1.165) is 19.4 Å². The largest absolute Gasteiger partial charge is 0.497 e. The van der Waals surface area contributed by atoms with Crippen molar-refractivity contribution >= 4 is 14.3 Å². The Morgan fingerprint density at radius 3 is 2.52 bits per heavy atom. The third kappa shape index (κ3) is 5.64. The van der Waals surface area contributed by atoms with Gasteiger partial charge in [-0.15, -0.1) is 0 Å². The maximum atomic E-state index is 11.3. The molecule has 0 aliphatic rings. The molecular weight excluding hydrogens is 310 g/mol. The minimum atomic E-state index is -2.17. The summed E-state index contributed by atoms with van der Waals surface area (Å²) in [5.41, 5.74) is 1.01. The van der Waals surface area contributed by atoms with Crippen LogP contribution in [0.5, 0.6) is 5.75 Å².